The Labute approximate surface area is 174 Å². The van der Waals surface area contributed by atoms with Gasteiger partial charge in [-0.2, -0.15) is 0 Å². The van der Waals surface area contributed by atoms with Crippen LogP contribution in [-0.4, -0.2) is 20.4 Å². The van der Waals surface area contributed by atoms with Gasteiger partial charge in [-0.3, -0.25) is 4.79 Å². The summed E-state index contributed by atoms with van der Waals surface area (Å²) in [4.78, 5) is 12.7. The lowest BCUT2D eigenvalue weighted by atomic mass is 10.1. The summed E-state index contributed by atoms with van der Waals surface area (Å²) < 4.78 is 27.7. The molecule has 0 saturated heterocycles. The Morgan fingerprint density at radius 3 is 2.21 bits per heavy atom. The number of hydrogen-bond acceptors (Lipinski definition) is 3. The van der Waals surface area contributed by atoms with Gasteiger partial charge in [0.25, 0.3) is 5.91 Å². The van der Waals surface area contributed by atoms with E-state index in [2.05, 4.69) is 10.0 Å². The zero-order chi connectivity index (χ0) is 20.9. The van der Waals surface area contributed by atoms with Crippen molar-refractivity contribution in [3.63, 3.8) is 0 Å². The fourth-order valence-corrected chi connectivity index (χ4v) is 4.71. The number of benzene rings is 2. The van der Waals surface area contributed by atoms with E-state index in [1.165, 1.54) is 25.7 Å². The molecular formula is C23H30N2O3S. The molecule has 2 N–H and O–H groups in total. The fourth-order valence-electron chi connectivity index (χ4n) is 3.61. The van der Waals surface area contributed by atoms with E-state index in [1.54, 1.807) is 36.4 Å². The number of nitrogens with one attached hydrogen (secondary N) is 2. The highest BCUT2D eigenvalue weighted by Gasteiger charge is 2.17. The Balaban J connectivity index is 1.58. The van der Waals surface area contributed by atoms with Gasteiger partial charge in [0.2, 0.25) is 10.0 Å². The molecule has 5 nitrogen and oxygen atoms in total. The highest BCUT2D eigenvalue weighted by molar-refractivity contribution is 7.89. The molecule has 2 aromatic carbocycles. The normalized spacial score (nSPS) is 15.7. The summed E-state index contributed by atoms with van der Waals surface area (Å²) in [7, 11) is -3.58. The zero-order valence-corrected chi connectivity index (χ0v) is 18.0. The van der Waals surface area contributed by atoms with Gasteiger partial charge in [-0.1, -0.05) is 43.9 Å². The maximum Gasteiger partial charge on any atom is 0.251 e. The summed E-state index contributed by atoms with van der Waals surface area (Å²) in [5.41, 5.74) is 3.41. The monoisotopic (exact) mass is 414 g/mol. The standard InChI is InChI=1S/C23H30N2O3S/c1-17-9-14-22(15-18(17)2)29(27,28)24-16-19-10-12-20(13-11-19)23(26)25-21-7-5-3-4-6-8-21/h9-15,21,24H,3-8,16H2,1-2H3,(H,25,26). The molecular weight excluding hydrogens is 384 g/mol. The van der Waals surface area contributed by atoms with E-state index in [0.29, 0.717) is 5.56 Å². The number of amides is 1. The number of hydrogen-bond donors (Lipinski definition) is 2. The Kier molecular flexibility index (Phi) is 7.09. The van der Waals surface area contributed by atoms with Gasteiger partial charge in [-0.15, -0.1) is 0 Å². The number of sulfonamides is 1. The molecule has 0 aliphatic heterocycles. The molecule has 1 amide bonds. The maximum absolute atomic E-state index is 12.5. The van der Waals surface area contributed by atoms with E-state index < -0.39 is 10.0 Å². The molecule has 0 heterocycles. The molecule has 0 unspecified atom stereocenters. The van der Waals surface area contributed by atoms with Crippen LogP contribution in [0.3, 0.4) is 0 Å². The molecule has 0 aromatic heterocycles. The van der Waals surface area contributed by atoms with Gasteiger partial charge in [-0.25, -0.2) is 13.1 Å². The molecule has 29 heavy (non-hydrogen) atoms. The summed E-state index contributed by atoms with van der Waals surface area (Å²) in [6.07, 6.45) is 6.93. The number of carbonyl (C=O) groups is 1. The molecule has 156 valence electrons. The van der Waals surface area contributed by atoms with Gasteiger partial charge in [0.15, 0.2) is 0 Å². The molecule has 1 aliphatic carbocycles. The second kappa shape index (κ2) is 9.55. The average Bonchev–Trinajstić information content (AvgIpc) is 2.97. The first kappa shape index (κ1) is 21.5. The van der Waals surface area contributed by atoms with Crippen LogP contribution in [0.15, 0.2) is 47.4 Å². The number of carbonyl (C=O) groups excluding carboxylic acids is 1. The predicted molar refractivity (Wildman–Crippen MR) is 115 cm³/mol. The van der Waals surface area contributed by atoms with Crippen molar-refractivity contribution in [2.45, 2.75) is 69.9 Å². The van der Waals surface area contributed by atoms with Crippen molar-refractivity contribution in [1.82, 2.24) is 10.0 Å². The van der Waals surface area contributed by atoms with Crippen LogP contribution in [0.5, 0.6) is 0 Å². The van der Waals surface area contributed by atoms with E-state index >= 15 is 0 Å². The fraction of sp³-hybridized carbons (Fsp3) is 0.435. The van der Waals surface area contributed by atoms with Gasteiger partial charge in [0.05, 0.1) is 4.90 Å². The third-order valence-electron chi connectivity index (χ3n) is 5.66. The second-order valence-electron chi connectivity index (χ2n) is 7.93. The van der Waals surface area contributed by atoms with Crippen molar-refractivity contribution in [3.05, 3.63) is 64.7 Å². The first-order valence-electron chi connectivity index (χ1n) is 10.3. The third kappa shape index (κ3) is 5.90. The molecule has 3 rings (SSSR count). The zero-order valence-electron chi connectivity index (χ0n) is 17.2. The molecule has 6 heteroatoms. The van der Waals surface area contributed by atoms with Crippen LogP contribution in [0, 0.1) is 13.8 Å². The maximum atomic E-state index is 12.5. The van der Waals surface area contributed by atoms with Crippen LogP contribution in [0.2, 0.25) is 0 Å². The van der Waals surface area contributed by atoms with Crippen molar-refractivity contribution < 1.29 is 13.2 Å². The largest absolute Gasteiger partial charge is 0.349 e. The summed E-state index contributed by atoms with van der Waals surface area (Å²) in [6, 6.07) is 12.5. The van der Waals surface area contributed by atoms with E-state index in [0.717, 1.165) is 29.5 Å². The molecule has 0 radical (unpaired) electrons. The van der Waals surface area contributed by atoms with Crippen molar-refractivity contribution in [3.8, 4) is 0 Å². The van der Waals surface area contributed by atoms with Crippen LogP contribution >= 0.6 is 0 Å². The lowest BCUT2D eigenvalue weighted by Crippen LogP contribution is -2.34. The van der Waals surface area contributed by atoms with Gasteiger partial charge in [0, 0.05) is 18.2 Å². The third-order valence-corrected chi connectivity index (χ3v) is 7.06. The SMILES string of the molecule is Cc1ccc(S(=O)(=O)NCc2ccc(C(=O)NC3CCCCCC3)cc2)cc1C. The topological polar surface area (TPSA) is 75.3 Å². The van der Waals surface area contributed by atoms with E-state index in [4.69, 9.17) is 0 Å². The quantitative estimate of drug-likeness (QED) is 0.695. The van der Waals surface area contributed by atoms with Crippen LogP contribution in [-0.2, 0) is 16.6 Å². The van der Waals surface area contributed by atoms with Gasteiger partial charge >= 0.3 is 0 Å². The Morgan fingerprint density at radius 1 is 0.931 bits per heavy atom. The summed E-state index contributed by atoms with van der Waals surface area (Å²) in [5.74, 6) is -0.0563. The molecule has 2 aromatic rings. The Hall–Kier alpha value is -2.18. The average molecular weight is 415 g/mol. The highest BCUT2D eigenvalue weighted by atomic mass is 32.2. The second-order valence-corrected chi connectivity index (χ2v) is 9.70. The molecule has 1 aliphatic rings. The van der Waals surface area contributed by atoms with Crippen LogP contribution in [0.4, 0.5) is 0 Å². The Bertz CT molecular complexity index is 945. The highest BCUT2D eigenvalue weighted by Crippen LogP contribution is 2.18. The van der Waals surface area contributed by atoms with E-state index in [-0.39, 0.29) is 23.4 Å². The minimum absolute atomic E-state index is 0.0563. The van der Waals surface area contributed by atoms with Gasteiger partial charge in [-0.05, 0) is 67.6 Å². The molecule has 0 atom stereocenters. The van der Waals surface area contributed by atoms with Crippen LogP contribution in [0.1, 0.15) is 65.6 Å². The van der Waals surface area contributed by atoms with Gasteiger partial charge in [0.1, 0.15) is 0 Å². The van der Waals surface area contributed by atoms with Gasteiger partial charge < -0.3 is 5.32 Å². The van der Waals surface area contributed by atoms with Crippen molar-refractivity contribution in [1.29, 1.82) is 0 Å². The summed E-state index contributed by atoms with van der Waals surface area (Å²) >= 11 is 0. The van der Waals surface area contributed by atoms with Crippen LogP contribution < -0.4 is 10.0 Å². The minimum Gasteiger partial charge on any atom is -0.349 e. The minimum atomic E-state index is -3.58. The lowest BCUT2D eigenvalue weighted by molar-refractivity contribution is 0.0933. The van der Waals surface area contributed by atoms with Crippen LogP contribution in [0.25, 0.3) is 0 Å². The smallest absolute Gasteiger partial charge is 0.251 e. The van der Waals surface area contributed by atoms with Crippen molar-refractivity contribution in [2.75, 3.05) is 0 Å². The summed E-state index contributed by atoms with van der Waals surface area (Å²) in [6.45, 7) is 4.03. The molecule has 1 fully saturated rings. The van der Waals surface area contributed by atoms with Crippen molar-refractivity contribution in [2.24, 2.45) is 0 Å². The molecule has 0 spiro atoms. The first-order chi connectivity index (χ1) is 13.8. The van der Waals surface area contributed by atoms with Crippen molar-refractivity contribution >= 4 is 15.9 Å². The lowest BCUT2D eigenvalue weighted by Gasteiger charge is -2.16. The Morgan fingerprint density at radius 2 is 1.59 bits per heavy atom. The molecule has 0 bridgehead atoms. The number of rotatable bonds is 6. The number of aryl methyl sites for hydroxylation is 2. The predicted octanol–water partition coefficient (Wildman–Crippen LogP) is 4.23. The van der Waals surface area contributed by atoms with E-state index in [1.807, 2.05) is 19.9 Å². The molecule has 1 saturated carbocycles. The summed E-state index contributed by atoms with van der Waals surface area (Å²) in [5, 5.41) is 3.13. The van der Waals surface area contributed by atoms with E-state index in [9.17, 15) is 13.2 Å². The first-order valence-corrected chi connectivity index (χ1v) is 11.8.